The molecule has 0 heterocycles. The first kappa shape index (κ1) is 16.3. The Hall–Kier alpha value is -1.79. The van der Waals surface area contributed by atoms with Crippen LogP contribution >= 0.6 is 0 Å². The van der Waals surface area contributed by atoms with E-state index in [-0.39, 0.29) is 12.5 Å². The van der Waals surface area contributed by atoms with Gasteiger partial charge in [-0.05, 0) is 23.6 Å². The van der Waals surface area contributed by atoms with Gasteiger partial charge in [0.1, 0.15) is 6.61 Å². The molecule has 1 aromatic rings. The molecule has 1 unspecified atom stereocenters. The maximum atomic E-state index is 12.0. The van der Waals surface area contributed by atoms with E-state index in [1.807, 2.05) is 31.3 Å². The van der Waals surface area contributed by atoms with Gasteiger partial charge in [0, 0.05) is 25.6 Å². The number of carbonyl (C=O) groups excluding carboxylic acids is 1. The van der Waals surface area contributed by atoms with Crippen molar-refractivity contribution in [3.05, 3.63) is 35.4 Å². The molecule has 3 heteroatoms. The molecule has 0 saturated heterocycles. The first-order valence-electron chi connectivity index (χ1n) is 6.99. The van der Waals surface area contributed by atoms with Crippen LogP contribution in [0.1, 0.15) is 37.8 Å². The van der Waals surface area contributed by atoms with E-state index in [2.05, 4.69) is 25.7 Å². The predicted molar refractivity (Wildman–Crippen MR) is 81.0 cm³/mol. The van der Waals surface area contributed by atoms with Crippen molar-refractivity contribution in [1.29, 1.82) is 0 Å². The lowest BCUT2D eigenvalue weighted by atomic mass is 10.0. The molecule has 0 aromatic heterocycles. The SMILES string of the molecule is CCC(C)CC(=O)N(C)Cc1cccc(C#CCO)c1. The standard InChI is InChI=1S/C17H23NO2/c1-4-14(2)11-17(20)18(3)13-16-8-5-7-15(12-16)9-6-10-19/h5,7-8,12,14,19H,4,10-11,13H2,1-3H3. The lowest BCUT2D eigenvalue weighted by Gasteiger charge is -2.19. The van der Waals surface area contributed by atoms with E-state index in [9.17, 15) is 4.79 Å². The molecule has 1 aromatic carbocycles. The molecule has 1 amide bonds. The smallest absolute Gasteiger partial charge is 0.222 e. The largest absolute Gasteiger partial charge is 0.384 e. The van der Waals surface area contributed by atoms with Crippen molar-refractivity contribution in [1.82, 2.24) is 4.90 Å². The van der Waals surface area contributed by atoms with Crippen molar-refractivity contribution in [2.45, 2.75) is 33.2 Å². The molecule has 0 spiro atoms. The fourth-order valence-corrected chi connectivity index (χ4v) is 1.85. The van der Waals surface area contributed by atoms with Crippen LogP contribution in [0.4, 0.5) is 0 Å². The monoisotopic (exact) mass is 273 g/mol. The van der Waals surface area contributed by atoms with Gasteiger partial charge >= 0.3 is 0 Å². The summed E-state index contributed by atoms with van der Waals surface area (Å²) in [7, 11) is 1.83. The summed E-state index contributed by atoms with van der Waals surface area (Å²) in [6.45, 7) is 4.64. The molecule has 1 atom stereocenters. The zero-order chi connectivity index (χ0) is 15.0. The van der Waals surface area contributed by atoms with Crippen molar-refractivity contribution in [2.24, 2.45) is 5.92 Å². The van der Waals surface area contributed by atoms with Crippen molar-refractivity contribution < 1.29 is 9.90 Å². The van der Waals surface area contributed by atoms with Gasteiger partial charge in [-0.25, -0.2) is 0 Å². The topological polar surface area (TPSA) is 40.5 Å². The zero-order valence-corrected chi connectivity index (χ0v) is 12.5. The average molecular weight is 273 g/mol. The Kier molecular flexibility index (Phi) is 6.83. The van der Waals surface area contributed by atoms with Crippen LogP contribution in [-0.4, -0.2) is 29.6 Å². The van der Waals surface area contributed by atoms with E-state index in [1.165, 1.54) is 0 Å². The molecular formula is C17H23NO2. The second kappa shape index (κ2) is 8.39. The second-order valence-electron chi connectivity index (χ2n) is 5.13. The lowest BCUT2D eigenvalue weighted by Crippen LogP contribution is -2.27. The van der Waals surface area contributed by atoms with Crippen LogP contribution in [0.2, 0.25) is 0 Å². The predicted octanol–water partition coefficient (Wildman–Crippen LogP) is 2.43. The Bertz CT molecular complexity index is 499. The third kappa shape index (κ3) is 5.46. The minimum absolute atomic E-state index is 0.141. The molecule has 0 saturated carbocycles. The van der Waals surface area contributed by atoms with Gasteiger partial charge in [-0.15, -0.1) is 0 Å². The Labute approximate surface area is 121 Å². The molecule has 0 aliphatic carbocycles. The van der Waals surface area contributed by atoms with Crippen molar-refractivity contribution >= 4 is 5.91 Å². The molecule has 0 aliphatic heterocycles. The van der Waals surface area contributed by atoms with Crippen molar-refractivity contribution in [2.75, 3.05) is 13.7 Å². The Morgan fingerprint density at radius 1 is 1.45 bits per heavy atom. The first-order valence-corrected chi connectivity index (χ1v) is 6.99. The van der Waals surface area contributed by atoms with E-state index in [4.69, 9.17) is 5.11 Å². The van der Waals surface area contributed by atoms with E-state index in [1.54, 1.807) is 4.90 Å². The molecule has 0 bridgehead atoms. The highest BCUT2D eigenvalue weighted by molar-refractivity contribution is 5.76. The maximum Gasteiger partial charge on any atom is 0.222 e. The summed E-state index contributed by atoms with van der Waals surface area (Å²) in [5.41, 5.74) is 1.91. The molecule has 0 radical (unpaired) electrons. The number of aliphatic hydroxyl groups excluding tert-OH is 1. The van der Waals surface area contributed by atoms with Crippen LogP contribution in [0.15, 0.2) is 24.3 Å². The number of aliphatic hydroxyl groups is 1. The minimum Gasteiger partial charge on any atom is -0.384 e. The van der Waals surface area contributed by atoms with Gasteiger partial charge in [-0.1, -0.05) is 44.2 Å². The molecule has 108 valence electrons. The van der Waals surface area contributed by atoms with Crippen molar-refractivity contribution in [3.8, 4) is 11.8 Å². The fraction of sp³-hybridized carbons (Fsp3) is 0.471. The van der Waals surface area contributed by atoms with E-state index >= 15 is 0 Å². The summed E-state index contributed by atoms with van der Waals surface area (Å²) >= 11 is 0. The highest BCUT2D eigenvalue weighted by atomic mass is 16.2. The Morgan fingerprint density at radius 3 is 2.85 bits per heavy atom. The van der Waals surface area contributed by atoms with Crippen LogP contribution in [0.5, 0.6) is 0 Å². The number of hydrogen-bond acceptors (Lipinski definition) is 2. The number of rotatable bonds is 5. The highest BCUT2D eigenvalue weighted by Crippen LogP contribution is 2.11. The summed E-state index contributed by atoms with van der Waals surface area (Å²) in [5.74, 6) is 6.10. The number of hydrogen-bond donors (Lipinski definition) is 1. The second-order valence-corrected chi connectivity index (χ2v) is 5.13. The molecule has 0 fully saturated rings. The average Bonchev–Trinajstić information content (AvgIpc) is 2.45. The summed E-state index contributed by atoms with van der Waals surface area (Å²) in [6, 6.07) is 7.75. The first-order chi connectivity index (χ1) is 9.56. The molecule has 0 aliphatic rings. The van der Waals surface area contributed by atoms with Crippen LogP contribution in [-0.2, 0) is 11.3 Å². The quantitative estimate of drug-likeness (QED) is 0.837. The van der Waals surface area contributed by atoms with Crippen LogP contribution in [0, 0.1) is 17.8 Å². The van der Waals surface area contributed by atoms with E-state index in [0.29, 0.717) is 18.9 Å². The van der Waals surface area contributed by atoms with Crippen LogP contribution in [0.3, 0.4) is 0 Å². The zero-order valence-electron chi connectivity index (χ0n) is 12.5. The van der Waals surface area contributed by atoms with Crippen molar-refractivity contribution in [3.63, 3.8) is 0 Å². The van der Waals surface area contributed by atoms with Gasteiger partial charge in [-0.2, -0.15) is 0 Å². The third-order valence-corrected chi connectivity index (χ3v) is 3.30. The maximum absolute atomic E-state index is 12.0. The molecular weight excluding hydrogens is 250 g/mol. The van der Waals surface area contributed by atoms with Gasteiger partial charge in [0.2, 0.25) is 5.91 Å². The highest BCUT2D eigenvalue weighted by Gasteiger charge is 2.12. The van der Waals surface area contributed by atoms with Crippen LogP contribution in [0.25, 0.3) is 0 Å². The lowest BCUT2D eigenvalue weighted by molar-refractivity contribution is -0.131. The summed E-state index contributed by atoms with van der Waals surface area (Å²) < 4.78 is 0. The molecule has 3 nitrogen and oxygen atoms in total. The van der Waals surface area contributed by atoms with Gasteiger partial charge in [0.25, 0.3) is 0 Å². The Morgan fingerprint density at radius 2 is 2.20 bits per heavy atom. The number of benzene rings is 1. The summed E-state index contributed by atoms with van der Waals surface area (Å²) in [6.07, 6.45) is 1.61. The van der Waals surface area contributed by atoms with Gasteiger partial charge in [-0.3, -0.25) is 4.79 Å². The Balaban J connectivity index is 2.65. The molecule has 20 heavy (non-hydrogen) atoms. The normalized spacial score (nSPS) is 11.4. The number of amides is 1. The minimum atomic E-state index is -0.141. The fourth-order valence-electron chi connectivity index (χ4n) is 1.85. The summed E-state index contributed by atoms with van der Waals surface area (Å²) in [4.78, 5) is 13.8. The molecule has 1 rings (SSSR count). The third-order valence-electron chi connectivity index (χ3n) is 3.30. The van der Waals surface area contributed by atoms with Gasteiger partial charge < -0.3 is 10.0 Å². The number of nitrogens with zero attached hydrogens (tertiary/aromatic N) is 1. The van der Waals surface area contributed by atoms with Crippen LogP contribution < -0.4 is 0 Å². The number of carbonyl (C=O) groups is 1. The van der Waals surface area contributed by atoms with Gasteiger partial charge in [0.15, 0.2) is 0 Å². The summed E-state index contributed by atoms with van der Waals surface area (Å²) in [5, 5.41) is 8.70. The van der Waals surface area contributed by atoms with E-state index < -0.39 is 0 Å². The molecule has 1 N–H and O–H groups in total. The van der Waals surface area contributed by atoms with Gasteiger partial charge in [0.05, 0.1) is 0 Å². The van der Waals surface area contributed by atoms with E-state index in [0.717, 1.165) is 17.5 Å².